The Morgan fingerprint density at radius 2 is 1.78 bits per heavy atom. The van der Waals surface area contributed by atoms with Crippen LogP contribution in [0.15, 0.2) is 73.2 Å². The minimum atomic E-state index is 0.409. The van der Waals surface area contributed by atoms with Crippen LogP contribution in [0.25, 0.3) is 27.8 Å². The molecule has 4 rings (SSSR count). The summed E-state index contributed by atoms with van der Waals surface area (Å²) in [6.45, 7) is 0. The van der Waals surface area contributed by atoms with Crippen LogP contribution in [0.1, 0.15) is 5.69 Å². The number of aromatic nitrogens is 3. The normalized spacial score (nSPS) is 10.6. The molecule has 23 heavy (non-hydrogen) atoms. The molecule has 0 saturated heterocycles. The van der Waals surface area contributed by atoms with E-state index in [1.807, 2.05) is 48.5 Å². The third-order valence-corrected chi connectivity index (χ3v) is 3.78. The van der Waals surface area contributed by atoms with Crippen molar-refractivity contribution in [1.29, 1.82) is 5.26 Å². The van der Waals surface area contributed by atoms with Gasteiger partial charge in [0.25, 0.3) is 0 Å². The molecule has 0 fully saturated rings. The molecule has 0 radical (unpaired) electrons. The van der Waals surface area contributed by atoms with E-state index in [4.69, 9.17) is 5.26 Å². The highest BCUT2D eigenvalue weighted by Crippen LogP contribution is 2.31. The van der Waals surface area contributed by atoms with Gasteiger partial charge in [0.15, 0.2) is 0 Å². The molecule has 0 aliphatic carbocycles. The highest BCUT2D eigenvalue weighted by molar-refractivity contribution is 5.95. The van der Waals surface area contributed by atoms with Gasteiger partial charge in [-0.3, -0.25) is 0 Å². The lowest BCUT2D eigenvalue weighted by molar-refractivity contribution is 1.09. The summed E-state index contributed by atoms with van der Waals surface area (Å²) < 4.78 is 2.07. The van der Waals surface area contributed by atoms with Gasteiger partial charge in [-0.05, 0) is 42.0 Å². The molecule has 0 N–H and O–H groups in total. The van der Waals surface area contributed by atoms with Gasteiger partial charge in [-0.15, -0.1) is 0 Å². The molecule has 3 heterocycles. The monoisotopic (exact) mass is 296 g/mol. The number of fused-ring (bicyclic) bond motifs is 1. The molecule has 4 heteroatoms. The smallest absolute Gasteiger partial charge is 0.145 e. The van der Waals surface area contributed by atoms with Gasteiger partial charge in [-0.2, -0.15) is 5.26 Å². The van der Waals surface area contributed by atoms with Crippen LogP contribution < -0.4 is 0 Å². The van der Waals surface area contributed by atoms with E-state index in [0.717, 1.165) is 27.8 Å². The average molecular weight is 296 g/mol. The van der Waals surface area contributed by atoms with Gasteiger partial charge < -0.3 is 4.57 Å². The lowest BCUT2D eigenvalue weighted by atomic mass is 10.1. The van der Waals surface area contributed by atoms with Crippen molar-refractivity contribution in [1.82, 2.24) is 14.5 Å². The summed E-state index contributed by atoms with van der Waals surface area (Å²) in [5, 5.41) is 10.1. The molecule has 0 spiro atoms. The lowest BCUT2D eigenvalue weighted by Gasteiger charge is -2.03. The first kappa shape index (κ1) is 13.2. The van der Waals surface area contributed by atoms with E-state index in [1.54, 1.807) is 18.5 Å². The molecule has 0 bridgehead atoms. The quantitative estimate of drug-likeness (QED) is 0.562. The van der Waals surface area contributed by atoms with Crippen molar-refractivity contribution in [2.45, 2.75) is 0 Å². The van der Waals surface area contributed by atoms with Crippen molar-refractivity contribution in [3.05, 3.63) is 78.9 Å². The largest absolute Gasteiger partial charge is 0.301 e. The number of benzene rings is 1. The lowest BCUT2D eigenvalue weighted by Crippen LogP contribution is -1.92. The van der Waals surface area contributed by atoms with E-state index in [0.29, 0.717) is 5.69 Å². The highest BCUT2D eigenvalue weighted by atomic mass is 15.0. The van der Waals surface area contributed by atoms with E-state index < -0.39 is 0 Å². The number of hydrogen-bond donors (Lipinski definition) is 0. The Morgan fingerprint density at radius 1 is 0.913 bits per heavy atom. The van der Waals surface area contributed by atoms with Gasteiger partial charge in [-0.1, -0.05) is 18.2 Å². The standard InChI is InChI=1S/C19H12N4/c20-12-15-11-14(8-10-21-15)18-13-23(16-5-2-1-3-6-16)19-17(18)7-4-9-22-19/h1-11,13H. The second-order valence-electron chi connectivity index (χ2n) is 5.16. The Balaban J connectivity index is 2.00. The van der Waals surface area contributed by atoms with Crippen molar-refractivity contribution in [3.8, 4) is 22.9 Å². The summed E-state index contributed by atoms with van der Waals surface area (Å²) in [7, 11) is 0. The molecule has 4 aromatic rings. The first-order valence-corrected chi connectivity index (χ1v) is 7.25. The van der Waals surface area contributed by atoms with Gasteiger partial charge in [0.2, 0.25) is 0 Å². The van der Waals surface area contributed by atoms with Crippen LogP contribution in [-0.2, 0) is 0 Å². The fraction of sp³-hybridized carbons (Fsp3) is 0. The van der Waals surface area contributed by atoms with E-state index in [1.165, 1.54) is 0 Å². The maximum atomic E-state index is 9.08. The van der Waals surface area contributed by atoms with Crippen LogP contribution in [-0.4, -0.2) is 14.5 Å². The van der Waals surface area contributed by atoms with Crippen LogP contribution in [0.2, 0.25) is 0 Å². The van der Waals surface area contributed by atoms with Crippen LogP contribution in [0, 0.1) is 11.3 Å². The van der Waals surface area contributed by atoms with E-state index in [9.17, 15) is 0 Å². The van der Waals surface area contributed by atoms with Crippen molar-refractivity contribution >= 4 is 11.0 Å². The molecule has 3 aromatic heterocycles. The van der Waals surface area contributed by atoms with E-state index in [2.05, 4.69) is 26.8 Å². The maximum absolute atomic E-state index is 9.08. The van der Waals surface area contributed by atoms with Gasteiger partial charge in [0.1, 0.15) is 17.4 Å². The summed E-state index contributed by atoms with van der Waals surface area (Å²) in [6, 6.07) is 19.9. The van der Waals surface area contributed by atoms with Crippen molar-refractivity contribution in [3.63, 3.8) is 0 Å². The molecule has 0 atom stereocenters. The number of pyridine rings is 2. The molecular formula is C19H12N4. The second-order valence-corrected chi connectivity index (χ2v) is 5.16. The SMILES string of the molecule is N#Cc1cc(-c2cn(-c3ccccc3)c3ncccc23)ccn1. The highest BCUT2D eigenvalue weighted by Gasteiger charge is 2.12. The fourth-order valence-corrected chi connectivity index (χ4v) is 2.73. The first-order valence-electron chi connectivity index (χ1n) is 7.25. The van der Waals surface area contributed by atoms with Gasteiger partial charge in [0.05, 0.1) is 0 Å². The summed E-state index contributed by atoms with van der Waals surface area (Å²) >= 11 is 0. The average Bonchev–Trinajstić information content (AvgIpc) is 3.02. The topological polar surface area (TPSA) is 54.5 Å². The molecule has 4 nitrogen and oxygen atoms in total. The molecule has 0 amide bonds. The number of para-hydroxylation sites is 1. The van der Waals surface area contributed by atoms with E-state index in [-0.39, 0.29) is 0 Å². The van der Waals surface area contributed by atoms with Gasteiger partial charge in [0, 0.05) is 35.2 Å². The number of hydrogen-bond acceptors (Lipinski definition) is 3. The Labute approximate surface area is 133 Å². The number of nitriles is 1. The Hall–Kier alpha value is -3.45. The molecule has 0 unspecified atom stereocenters. The summed E-state index contributed by atoms with van der Waals surface area (Å²) in [6.07, 6.45) is 5.51. The minimum Gasteiger partial charge on any atom is -0.301 e. The zero-order valence-corrected chi connectivity index (χ0v) is 12.2. The summed E-state index contributed by atoms with van der Waals surface area (Å²) in [5.41, 5.74) is 4.35. The Kier molecular flexibility index (Phi) is 3.10. The minimum absolute atomic E-state index is 0.409. The molecule has 1 aromatic carbocycles. The third-order valence-electron chi connectivity index (χ3n) is 3.78. The predicted octanol–water partition coefficient (Wildman–Crippen LogP) is 3.96. The predicted molar refractivity (Wildman–Crippen MR) is 89.0 cm³/mol. The zero-order valence-electron chi connectivity index (χ0n) is 12.2. The molecule has 0 saturated carbocycles. The molecule has 108 valence electrons. The third kappa shape index (κ3) is 2.25. The summed E-state index contributed by atoms with van der Waals surface area (Å²) in [5.74, 6) is 0. The van der Waals surface area contributed by atoms with Crippen LogP contribution in [0.4, 0.5) is 0 Å². The Morgan fingerprint density at radius 3 is 2.61 bits per heavy atom. The summed E-state index contributed by atoms with van der Waals surface area (Å²) in [4.78, 5) is 8.57. The molecule has 0 aliphatic rings. The van der Waals surface area contributed by atoms with Crippen molar-refractivity contribution in [2.24, 2.45) is 0 Å². The van der Waals surface area contributed by atoms with Gasteiger partial charge >= 0.3 is 0 Å². The van der Waals surface area contributed by atoms with Crippen LogP contribution in [0.3, 0.4) is 0 Å². The van der Waals surface area contributed by atoms with Crippen molar-refractivity contribution in [2.75, 3.05) is 0 Å². The first-order chi connectivity index (χ1) is 11.4. The van der Waals surface area contributed by atoms with E-state index >= 15 is 0 Å². The Bertz CT molecular complexity index is 1030. The maximum Gasteiger partial charge on any atom is 0.145 e. The number of nitrogens with zero attached hydrogens (tertiary/aromatic N) is 4. The second kappa shape index (κ2) is 5.39. The fourth-order valence-electron chi connectivity index (χ4n) is 2.73. The molecule has 0 aliphatic heterocycles. The number of rotatable bonds is 2. The van der Waals surface area contributed by atoms with Crippen LogP contribution >= 0.6 is 0 Å². The van der Waals surface area contributed by atoms with Crippen molar-refractivity contribution < 1.29 is 0 Å². The van der Waals surface area contributed by atoms with Gasteiger partial charge in [-0.25, -0.2) is 9.97 Å². The molecular weight excluding hydrogens is 284 g/mol. The zero-order chi connectivity index (χ0) is 15.6. The van der Waals surface area contributed by atoms with Crippen LogP contribution in [0.5, 0.6) is 0 Å².